The summed E-state index contributed by atoms with van der Waals surface area (Å²) in [5.74, 6) is 0.0570. The zero-order valence-electron chi connectivity index (χ0n) is 16.2. The van der Waals surface area contributed by atoms with E-state index in [0.29, 0.717) is 25.5 Å². The second-order valence-electron chi connectivity index (χ2n) is 6.65. The number of hydrogen-bond acceptors (Lipinski definition) is 3. The van der Waals surface area contributed by atoms with Crippen LogP contribution in [-0.2, 0) is 22.6 Å². The molecule has 1 aliphatic heterocycles. The predicted molar refractivity (Wildman–Crippen MR) is 114 cm³/mol. The highest BCUT2D eigenvalue weighted by Gasteiger charge is 2.21. The fraction of sp³-hybridized carbons (Fsp3) is 0.500. The minimum atomic E-state index is -0.239. The summed E-state index contributed by atoms with van der Waals surface area (Å²) in [5, 5.41) is 3.05. The lowest BCUT2D eigenvalue weighted by Gasteiger charge is -2.32. The summed E-state index contributed by atoms with van der Waals surface area (Å²) in [5.41, 5.74) is 2.00. The Balaban J connectivity index is 0.00000364. The van der Waals surface area contributed by atoms with Crippen LogP contribution in [-0.4, -0.2) is 80.3 Å². The van der Waals surface area contributed by atoms with Crippen molar-refractivity contribution < 1.29 is 14.0 Å². The molecule has 0 saturated carbocycles. The van der Waals surface area contributed by atoms with Crippen LogP contribution in [0.1, 0.15) is 11.1 Å². The second kappa shape index (κ2) is 10.4. The fourth-order valence-corrected chi connectivity index (χ4v) is 2.57. The molecule has 0 fully saturated rings. The first kappa shape index (κ1) is 23.1. The molecule has 0 radical (unpaired) electrons. The summed E-state index contributed by atoms with van der Waals surface area (Å²) >= 11 is 0. The molecule has 1 N–H and O–H groups in total. The fourth-order valence-electron chi connectivity index (χ4n) is 2.57. The van der Waals surface area contributed by atoms with Crippen LogP contribution in [0, 0.1) is 5.82 Å². The molecule has 0 saturated heterocycles. The molecule has 0 unspecified atom stereocenters. The van der Waals surface area contributed by atoms with Gasteiger partial charge in [0.25, 0.3) is 0 Å². The number of hydrogen-bond donors (Lipinski definition) is 1. The summed E-state index contributed by atoms with van der Waals surface area (Å²) in [4.78, 5) is 33.1. The number of carbonyl (C=O) groups excluding carboxylic acids is 2. The zero-order valence-corrected chi connectivity index (χ0v) is 18.5. The Morgan fingerprint density at radius 1 is 1.15 bits per heavy atom. The average Bonchev–Trinajstić information content (AvgIpc) is 2.60. The molecule has 1 heterocycles. The minimum Gasteiger partial charge on any atom is -0.347 e. The lowest BCUT2D eigenvalue weighted by atomic mass is 10.00. The molecule has 1 aromatic rings. The lowest BCUT2D eigenvalue weighted by molar-refractivity contribution is -0.127. The van der Waals surface area contributed by atoms with E-state index in [4.69, 9.17) is 0 Å². The molecule has 1 aliphatic rings. The number of guanidine groups is 1. The maximum atomic E-state index is 13.4. The summed E-state index contributed by atoms with van der Waals surface area (Å²) in [6.07, 6.45) is 0.678. The maximum absolute atomic E-state index is 13.4. The van der Waals surface area contributed by atoms with Crippen LogP contribution in [0.5, 0.6) is 0 Å². The molecule has 2 rings (SSSR count). The van der Waals surface area contributed by atoms with Crippen molar-refractivity contribution in [3.8, 4) is 0 Å². The topological polar surface area (TPSA) is 68.2 Å². The van der Waals surface area contributed by atoms with Gasteiger partial charge in [0, 0.05) is 41.3 Å². The number of likely N-dealkylation sites (N-methyl/N-ethyl adjacent to an activating group) is 2. The highest BCUT2D eigenvalue weighted by atomic mass is 127. The molecule has 1 aromatic carbocycles. The molecule has 0 aliphatic carbocycles. The van der Waals surface area contributed by atoms with Crippen molar-refractivity contribution in [1.29, 1.82) is 0 Å². The van der Waals surface area contributed by atoms with Crippen LogP contribution in [0.25, 0.3) is 0 Å². The third-order valence-corrected chi connectivity index (χ3v) is 4.24. The van der Waals surface area contributed by atoms with Crippen molar-refractivity contribution in [2.45, 2.75) is 13.0 Å². The molecule has 0 aromatic heterocycles. The third-order valence-electron chi connectivity index (χ3n) is 4.24. The van der Waals surface area contributed by atoms with Crippen molar-refractivity contribution in [1.82, 2.24) is 20.0 Å². The zero-order chi connectivity index (χ0) is 19.3. The Morgan fingerprint density at radius 3 is 2.44 bits per heavy atom. The first-order valence-corrected chi connectivity index (χ1v) is 8.48. The van der Waals surface area contributed by atoms with Crippen LogP contribution in [0.2, 0.25) is 0 Å². The molecular formula is C18H27FIN5O2. The Kier molecular flexibility index (Phi) is 8.94. The highest BCUT2D eigenvalue weighted by Crippen LogP contribution is 2.20. The molecule has 150 valence electrons. The van der Waals surface area contributed by atoms with Gasteiger partial charge in [0.1, 0.15) is 12.4 Å². The second-order valence-corrected chi connectivity index (χ2v) is 6.65. The van der Waals surface area contributed by atoms with Crippen LogP contribution in [0.4, 0.5) is 4.39 Å². The SMILES string of the molecule is CN(C)C(=O)CN=C(NCC(=O)N(C)C)N1CCc2cc(F)ccc2C1.I. The van der Waals surface area contributed by atoms with Crippen LogP contribution in [0.3, 0.4) is 0 Å². The van der Waals surface area contributed by atoms with E-state index in [-0.39, 0.29) is 54.7 Å². The minimum absolute atomic E-state index is 0. The maximum Gasteiger partial charge on any atom is 0.243 e. The average molecular weight is 491 g/mol. The van der Waals surface area contributed by atoms with E-state index in [0.717, 1.165) is 11.1 Å². The third kappa shape index (κ3) is 6.64. The van der Waals surface area contributed by atoms with Crippen molar-refractivity contribution in [2.24, 2.45) is 4.99 Å². The van der Waals surface area contributed by atoms with Gasteiger partial charge in [-0.3, -0.25) is 9.59 Å². The van der Waals surface area contributed by atoms with E-state index < -0.39 is 0 Å². The van der Waals surface area contributed by atoms with Crippen LogP contribution in [0.15, 0.2) is 23.2 Å². The lowest BCUT2D eigenvalue weighted by Crippen LogP contribution is -2.47. The number of amides is 2. The molecule has 7 nitrogen and oxygen atoms in total. The number of fused-ring (bicyclic) bond motifs is 1. The van der Waals surface area contributed by atoms with E-state index in [2.05, 4.69) is 10.3 Å². The van der Waals surface area contributed by atoms with Crippen molar-refractivity contribution >= 4 is 41.8 Å². The first-order chi connectivity index (χ1) is 12.3. The van der Waals surface area contributed by atoms with Crippen LogP contribution >= 0.6 is 24.0 Å². The number of carbonyl (C=O) groups is 2. The number of nitrogens with one attached hydrogen (secondary N) is 1. The van der Waals surface area contributed by atoms with Crippen LogP contribution < -0.4 is 5.32 Å². The van der Waals surface area contributed by atoms with Crippen molar-refractivity contribution in [3.05, 3.63) is 35.1 Å². The number of benzene rings is 1. The largest absolute Gasteiger partial charge is 0.347 e. The van der Waals surface area contributed by atoms with Gasteiger partial charge in [0.2, 0.25) is 11.8 Å². The Morgan fingerprint density at radius 2 is 1.81 bits per heavy atom. The normalized spacial score (nSPS) is 13.4. The van der Waals surface area contributed by atoms with Gasteiger partial charge in [-0.15, -0.1) is 24.0 Å². The van der Waals surface area contributed by atoms with Gasteiger partial charge in [0.15, 0.2) is 5.96 Å². The monoisotopic (exact) mass is 491 g/mol. The van der Waals surface area contributed by atoms with Gasteiger partial charge in [-0.2, -0.15) is 0 Å². The molecule has 2 amide bonds. The van der Waals surface area contributed by atoms with Crippen molar-refractivity contribution in [2.75, 3.05) is 47.8 Å². The summed E-state index contributed by atoms with van der Waals surface area (Å²) in [7, 11) is 6.71. The molecule has 27 heavy (non-hydrogen) atoms. The van der Waals surface area contributed by atoms with Gasteiger partial charge in [-0.1, -0.05) is 6.07 Å². The van der Waals surface area contributed by atoms with E-state index in [1.54, 1.807) is 40.3 Å². The Bertz CT molecular complexity index is 709. The van der Waals surface area contributed by atoms with Gasteiger partial charge >= 0.3 is 0 Å². The first-order valence-electron chi connectivity index (χ1n) is 8.48. The molecular weight excluding hydrogens is 464 g/mol. The predicted octanol–water partition coefficient (Wildman–Crippen LogP) is 0.924. The smallest absolute Gasteiger partial charge is 0.243 e. The van der Waals surface area contributed by atoms with E-state index in [9.17, 15) is 14.0 Å². The summed E-state index contributed by atoms with van der Waals surface area (Å²) in [6, 6.07) is 4.77. The highest BCUT2D eigenvalue weighted by molar-refractivity contribution is 14.0. The van der Waals surface area contributed by atoms with E-state index in [1.807, 2.05) is 4.90 Å². The van der Waals surface area contributed by atoms with Gasteiger partial charge in [-0.05, 0) is 29.7 Å². The Labute approximate surface area is 176 Å². The van der Waals surface area contributed by atoms with Gasteiger partial charge in [0.05, 0.1) is 6.54 Å². The molecule has 0 bridgehead atoms. The van der Waals surface area contributed by atoms with E-state index >= 15 is 0 Å². The summed E-state index contributed by atoms with van der Waals surface area (Å²) < 4.78 is 13.4. The standard InChI is InChI=1S/C18H26FN5O2.HI/c1-22(2)16(25)10-20-18(21-11-17(26)23(3)4)24-8-7-13-9-15(19)6-5-14(13)12-24;/h5-6,9H,7-8,10-12H2,1-4H3,(H,20,21);1H. The molecule has 0 spiro atoms. The number of halogens is 2. The quantitative estimate of drug-likeness (QED) is 0.387. The number of aliphatic imine (C=N–C) groups is 1. The number of rotatable bonds is 4. The summed E-state index contributed by atoms with van der Waals surface area (Å²) in [6.45, 7) is 1.27. The Hall–Kier alpha value is -1.91. The van der Waals surface area contributed by atoms with Gasteiger partial charge in [-0.25, -0.2) is 9.38 Å². The van der Waals surface area contributed by atoms with Crippen molar-refractivity contribution in [3.63, 3.8) is 0 Å². The molecule has 9 heteroatoms. The van der Waals surface area contributed by atoms with E-state index in [1.165, 1.54) is 15.9 Å². The number of nitrogens with zero attached hydrogens (tertiary/aromatic N) is 4. The van der Waals surface area contributed by atoms with Gasteiger partial charge < -0.3 is 20.0 Å². The molecule has 0 atom stereocenters.